The molecule has 0 saturated carbocycles. The van der Waals surface area contributed by atoms with E-state index in [0.29, 0.717) is 31.0 Å². The summed E-state index contributed by atoms with van der Waals surface area (Å²) in [6.45, 7) is 6.45. The molecule has 0 bridgehead atoms. The van der Waals surface area contributed by atoms with Crippen LogP contribution >= 0.6 is 24.0 Å². The summed E-state index contributed by atoms with van der Waals surface area (Å²) >= 11 is 0. The fourth-order valence-corrected chi connectivity index (χ4v) is 3.17. The molecule has 0 spiro atoms. The van der Waals surface area contributed by atoms with Crippen LogP contribution in [0.4, 0.5) is 4.39 Å². The third-order valence-corrected chi connectivity index (χ3v) is 4.83. The number of benzene rings is 1. The smallest absolute Gasteiger partial charge is 0.191 e. The van der Waals surface area contributed by atoms with Crippen molar-refractivity contribution >= 4 is 29.9 Å². The minimum atomic E-state index is -0.168. The van der Waals surface area contributed by atoms with E-state index in [1.165, 1.54) is 6.07 Å². The van der Waals surface area contributed by atoms with Gasteiger partial charge in [-0.05, 0) is 24.5 Å². The Kier molecular flexibility index (Phi) is 10.3. The third-order valence-electron chi connectivity index (χ3n) is 4.83. The molecule has 160 valence electrons. The molecule has 1 saturated heterocycles. The standard InChI is InChI=1S/C20H29FN6O.HI/c1-2-19-26-25-15-27(19)11-10-23-20(24-13-16-8-12-28-14-16)22-9-7-17-5-3-4-6-18(17)21;/h3-6,15-16H,2,7-14H2,1H3,(H2,22,23,24);1H. The first-order valence-electron chi connectivity index (χ1n) is 9.96. The first kappa shape index (κ1) is 23.5. The first-order chi connectivity index (χ1) is 13.8. The number of aromatic nitrogens is 3. The number of nitrogens with one attached hydrogen (secondary N) is 2. The number of rotatable bonds is 9. The van der Waals surface area contributed by atoms with Crippen LogP contribution in [0.1, 0.15) is 24.7 Å². The Morgan fingerprint density at radius 1 is 1.31 bits per heavy atom. The van der Waals surface area contributed by atoms with Gasteiger partial charge in [0.1, 0.15) is 18.0 Å². The van der Waals surface area contributed by atoms with Crippen LogP contribution in [0.2, 0.25) is 0 Å². The Morgan fingerprint density at radius 2 is 2.14 bits per heavy atom. The molecule has 29 heavy (non-hydrogen) atoms. The van der Waals surface area contributed by atoms with E-state index in [2.05, 4.69) is 27.8 Å². The highest BCUT2D eigenvalue weighted by Crippen LogP contribution is 2.12. The summed E-state index contributed by atoms with van der Waals surface area (Å²) in [7, 11) is 0. The molecule has 2 N–H and O–H groups in total. The van der Waals surface area contributed by atoms with E-state index in [-0.39, 0.29) is 29.8 Å². The molecule has 1 aromatic heterocycles. The number of hydrogen-bond donors (Lipinski definition) is 2. The molecular weight excluding hydrogens is 486 g/mol. The highest BCUT2D eigenvalue weighted by atomic mass is 127. The summed E-state index contributed by atoms with van der Waals surface area (Å²) in [4.78, 5) is 4.70. The van der Waals surface area contributed by atoms with E-state index in [9.17, 15) is 4.39 Å². The predicted molar refractivity (Wildman–Crippen MR) is 122 cm³/mol. The van der Waals surface area contributed by atoms with Crippen molar-refractivity contribution < 1.29 is 9.13 Å². The molecule has 9 heteroatoms. The van der Waals surface area contributed by atoms with E-state index in [1.54, 1.807) is 12.4 Å². The molecule has 1 unspecified atom stereocenters. The average molecular weight is 516 g/mol. The summed E-state index contributed by atoms with van der Waals surface area (Å²) in [6.07, 6.45) is 4.25. The van der Waals surface area contributed by atoms with Gasteiger partial charge in [0.2, 0.25) is 0 Å². The zero-order valence-corrected chi connectivity index (χ0v) is 19.1. The average Bonchev–Trinajstić information content (AvgIpc) is 3.38. The maximum absolute atomic E-state index is 13.8. The second-order valence-electron chi connectivity index (χ2n) is 6.91. The van der Waals surface area contributed by atoms with E-state index >= 15 is 0 Å². The normalized spacial score (nSPS) is 16.5. The highest BCUT2D eigenvalue weighted by molar-refractivity contribution is 14.0. The molecule has 3 rings (SSSR count). The molecular formula is C20H30FIN6O. The molecule has 1 aliphatic heterocycles. The Bertz CT molecular complexity index is 763. The lowest BCUT2D eigenvalue weighted by molar-refractivity contribution is 0.187. The van der Waals surface area contributed by atoms with Gasteiger partial charge in [0, 0.05) is 45.1 Å². The van der Waals surface area contributed by atoms with Crippen LogP contribution in [0.3, 0.4) is 0 Å². The SMILES string of the molecule is CCc1nncn1CCNC(=NCC1CCOC1)NCCc1ccccc1F.I. The van der Waals surface area contributed by atoms with Crippen molar-refractivity contribution in [2.24, 2.45) is 10.9 Å². The Balaban J connectivity index is 0.00000300. The molecule has 0 amide bonds. The fraction of sp³-hybridized carbons (Fsp3) is 0.550. The minimum Gasteiger partial charge on any atom is -0.381 e. The molecule has 2 heterocycles. The fourth-order valence-electron chi connectivity index (χ4n) is 3.17. The van der Waals surface area contributed by atoms with Crippen molar-refractivity contribution in [3.05, 3.63) is 47.8 Å². The largest absolute Gasteiger partial charge is 0.381 e. The van der Waals surface area contributed by atoms with Crippen LogP contribution in [0, 0.1) is 11.7 Å². The molecule has 1 atom stereocenters. The quantitative estimate of drug-likeness (QED) is 0.304. The van der Waals surface area contributed by atoms with Crippen molar-refractivity contribution in [3.63, 3.8) is 0 Å². The highest BCUT2D eigenvalue weighted by Gasteiger charge is 2.15. The number of ether oxygens (including phenoxy) is 1. The van der Waals surface area contributed by atoms with Gasteiger partial charge in [-0.1, -0.05) is 25.1 Å². The topological polar surface area (TPSA) is 76.4 Å². The Morgan fingerprint density at radius 3 is 2.90 bits per heavy atom. The molecule has 0 aliphatic carbocycles. The lowest BCUT2D eigenvalue weighted by Crippen LogP contribution is -2.40. The predicted octanol–water partition coefficient (Wildman–Crippen LogP) is 2.41. The van der Waals surface area contributed by atoms with Gasteiger partial charge in [0.15, 0.2) is 5.96 Å². The zero-order chi connectivity index (χ0) is 19.6. The van der Waals surface area contributed by atoms with E-state index < -0.39 is 0 Å². The van der Waals surface area contributed by atoms with Crippen LogP contribution in [-0.4, -0.2) is 53.6 Å². The van der Waals surface area contributed by atoms with E-state index in [1.807, 2.05) is 16.7 Å². The van der Waals surface area contributed by atoms with Gasteiger partial charge in [-0.15, -0.1) is 34.2 Å². The minimum absolute atomic E-state index is 0. The maximum Gasteiger partial charge on any atom is 0.191 e. The molecule has 1 fully saturated rings. The van der Waals surface area contributed by atoms with Crippen LogP contribution in [0.25, 0.3) is 0 Å². The number of nitrogens with zero attached hydrogens (tertiary/aromatic N) is 4. The van der Waals surface area contributed by atoms with Crippen LogP contribution in [-0.2, 0) is 24.1 Å². The number of halogens is 2. The maximum atomic E-state index is 13.8. The van der Waals surface area contributed by atoms with E-state index in [0.717, 1.165) is 50.9 Å². The first-order valence-corrected chi connectivity index (χ1v) is 9.96. The monoisotopic (exact) mass is 516 g/mol. The second-order valence-corrected chi connectivity index (χ2v) is 6.91. The van der Waals surface area contributed by atoms with Crippen molar-refractivity contribution in [2.45, 2.75) is 32.7 Å². The molecule has 1 aromatic carbocycles. The van der Waals surface area contributed by atoms with Gasteiger partial charge in [0.05, 0.1) is 6.61 Å². The molecule has 7 nitrogen and oxygen atoms in total. The van der Waals surface area contributed by atoms with Gasteiger partial charge in [0.25, 0.3) is 0 Å². The van der Waals surface area contributed by atoms with Crippen LogP contribution < -0.4 is 10.6 Å². The van der Waals surface area contributed by atoms with Crippen LogP contribution in [0.5, 0.6) is 0 Å². The summed E-state index contributed by atoms with van der Waals surface area (Å²) in [5.74, 6) is 2.01. The Hall–Kier alpha value is -1.75. The summed E-state index contributed by atoms with van der Waals surface area (Å²) < 4.78 is 21.3. The van der Waals surface area contributed by atoms with E-state index in [4.69, 9.17) is 9.73 Å². The van der Waals surface area contributed by atoms with Gasteiger partial charge in [-0.2, -0.15) is 0 Å². The second kappa shape index (κ2) is 12.7. The zero-order valence-electron chi connectivity index (χ0n) is 16.8. The number of hydrogen-bond acceptors (Lipinski definition) is 4. The van der Waals surface area contributed by atoms with Gasteiger partial charge >= 0.3 is 0 Å². The summed E-state index contributed by atoms with van der Waals surface area (Å²) in [5.41, 5.74) is 0.704. The van der Waals surface area contributed by atoms with Gasteiger partial charge in [-0.3, -0.25) is 4.99 Å². The van der Waals surface area contributed by atoms with Gasteiger partial charge in [-0.25, -0.2) is 4.39 Å². The van der Waals surface area contributed by atoms with Crippen molar-refractivity contribution in [1.82, 2.24) is 25.4 Å². The lowest BCUT2D eigenvalue weighted by atomic mass is 10.1. The summed E-state index contributed by atoms with van der Waals surface area (Å²) in [6, 6.07) is 6.87. The number of aryl methyl sites for hydroxylation is 1. The summed E-state index contributed by atoms with van der Waals surface area (Å²) in [5, 5.41) is 14.7. The van der Waals surface area contributed by atoms with Crippen molar-refractivity contribution in [1.29, 1.82) is 0 Å². The number of guanidine groups is 1. The van der Waals surface area contributed by atoms with Crippen LogP contribution in [0.15, 0.2) is 35.6 Å². The van der Waals surface area contributed by atoms with Crippen molar-refractivity contribution in [2.75, 3.05) is 32.8 Å². The number of aliphatic imine (C=N–C) groups is 1. The Labute approximate surface area is 188 Å². The molecule has 1 aliphatic rings. The third kappa shape index (κ3) is 7.54. The lowest BCUT2D eigenvalue weighted by Gasteiger charge is -2.14. The van der Waals surface area contributed by atoms with Crippen molar-refractivity contribution in [3.8, 4) is 0 Å². The molecule has 0 radical (unpaired) electrons. The van der Waals surface area contributed by atoms with Gasteiger partial charge < -0.3 is 19.9 Å². The molecule has 2 aromatic rings.